The maximum atomic E-state index is 10.3. The minimum atomic E-state index is -0.225. The van der Waals surface area contributed by atoms with Crippen molar-refractivity contribution in [3.05, 3.63) is 0 Å². The lowest BCUT2D eigenvalue weighted by molar-refractivity contribution is -0.106. The van der Waals surface area contributed by atoms with Gasteiger partial charge in [-0.25, -0.2) is 0 Å². The van der Waals surface area contributed by atoms with Crippen molar-refractivity contribution in [3.8, 4) is 0 Å². The zero-order valence-corrected chi connectivity index (χ0v) is 8.60. The van der Waals surface area contributed by atoms with Gasteiger partial charge in [0.2, 0.25) is 0 Å². The molecule has 0 aromatic heterocycles. The molecule has 1 heteroatoms. The van der Waals surface area contributed by atoms with Gasteiger partial charge in [0, 0.05) is 0 Å². The first-order chi connectivity index (χ1) is 6.31. The lowest BCUT2D eigenvalue weighted by Crippen LogP contribution is -2.47. The molecule has 0 aliphatic heterocycles. The van der Waals surface area contributed by atoms with Gasteiger partial charge in [-0.1, -0.05) is 38.5 Å². The number of rotatable bonds is 0. The van der Waals surface area contributed by atoms with E-state index in [0.717, 1.165) is 12.8 Å². The summed E-state index contributed by atoms with van der Waals surface area (Å²) in [7, 11) is 0. The fourth-order valence-corrected chi connectivity index (χ4v) is 2.95. The fourth-order valence-electron chi connectivity index (χ4n) is 2.95. The molecule has 1 N–H and O–H groups in total. The van der Waals surface area contributed by atoms with E-state index in [2.05, 4.69) is 0 Å². The van der Waals surface area contributed by atoms with Crippen molar-refractivity contribution in [1.82, 2.24) is 0 Å². The van der Waals surface area contributed by atoms with Crippen molar-refractivity contribution >= 4 is 0 Å². The Hall–Kier alpha value is -0.0400. The quantitative estimate of drug-likeness (QED) is 0.609. The first-order valence-corrected chi connectivity index (χ1v) is 6.04. The minimum Gasteiger partial charge on any atom is -0.390 e. The maximum absolute atomic E-state index is 10.3. The Bertz CT molecular complexity index is 167. The van der Waals surface area contributed by atoms with Crippen LogP contribution in [0.3, 0.4) is 0 Å². The van der Waals surface area contributed by atoms with Crippen LogP contribution >= 0.6 is 0 Å². The van der Waals surface area contributed by atoms with E-state index in [1.807, 2.05) is 0 Å². The molecular weight excluding hydrogens is 160 g/mol. The van der Waals surface area contributed by atoms with Gasteiger partial charge in [-0.3, -0.25) is 0 Å². The van der Waals surface area contributed by atoms with E-state index >= 15 is 0 Å². The summed E-state index contributed by atoms with van der Waals surface area (Å²) in [6, 6.07) is 0. The summed E-state index contributed by atoms with van der Waals surface area (Å²) in [6.07, 6.45) is 12.9. The molecule has 0 bridgehead atoms. The first kappa shape index (κ1) is 9.51. The highest BCUT2D eigenvalue weighted by atomic mass is 16.3. The molecule has 0 unspecified atom stereocenters. The second kappa shape index (κ2) is 4.00. The molecular formula is C12H22O. The van der Waals surface area contributed by atoms with Crippen molar-refractivity contribution in [2.45, 2.75) is 69.8 Å². The van der Waals surface area contributed by atoms with Gasteiger partial charge in [0.15, 0.2) is 0 Å². The molecule has 2 atom stereocenters. The molecule has 2 saturated carbocycles. The van der Waals surface area contributed by atoms with Crippen LogP contribution in [0.4, 0.5) is 0 Å². The van der Waals surface area contributed by atoms with E-state index in [4.69, 9.17) is 0 Å². The van der Waals surface area contributed by atoms with Crippen LogP contribution in [0.1, 0.15) is 64.2 Å². The van der Waals surface area contributed by atoms with E-state index in [-0.39, 0.29) is 5.60 Å². The summed E-state index contributed by atoms with van der Waals surface area (Å²) in [5.74, 6) is 0.658. The molecule has 0 aromatic rings. The smallest absolute Gasteiger partial charge is 0.0676 e. The largest absolute Gasteiger partial charge is 0.390 e. The molecule has 0 heterocycles. The summed E-state index contributed by atoms with van der Waals surface area (Å²) in [6.45, 7) is 0. The number of hydrogen-bond acceptors (Lipinski definition) is 1. The van der Waals surface area contributed by atoms with Crippen LogP contribution in [-0.2, 0) is 0 Å². The third-order valence-electron chi connectivity index (χ3n) is 4.10. The average molecular weight is 182 g/mol. The third-order valence-corrected chi connectivity index (χ3v) is 4.10. The second-order valence-corrected chi connectivity index (χ2v) is 5.00. The number of hydrogen-bond donors (Lipinski definition) is 1. The molecule has 2 aliphatic carbocycles. The average Bonchev–Trinajstić information content (AvgIpc) is 2.12. The monoisotopic (exact) mass is 182 g/mol. The molecule has 13 heavy (non-hydrogen) atoms. The molecule has 2 fully saturated rings. The summed E-state index contributed by atoms with van der Waals surface area (Å²) in [5, 5.41) is 10.3. The summed E-state index contributed by atoms with van der Waals surface area (Å²) in [5.41, 5.74) is -0.225. The standard InChI is InChI=1S/C12H22O/c13-12-9-6-4-2-1-3-5-7-11(12)8-10-12/h11,13H,1-10H2/t11-,12-/m0/s1. The van der Waals surface area contributed by atoms with Gasteiger partial charge < -0.3 is 5.11 Å². The summed E-state index contributed by atoms with van der Waals surface area (Å²) in [4.78, 5) is 0. The van der Waals surface area contributed by atoms with Crippen LogP contribution in [0.25, 0.3) is 0 Å². The molecule has 76 valence electrons. The highest BCUT2D eigenvalue weighted by molar-refractivity contribution is 4.95. The number of fused-ring (bicyclic) bond motifs is 1. The van der Waals surface area contributed by atoms with Crippen molar-refractivity contribution in [1.29, 1.82) is 0 Å². The molecule has 0 saturated heterocycles. The van der Waals surface area contributed by atoms with Gasteiger partial charge in [0.25, 0.3) is 0 Å². The van der Waals surface area contributed by atoms with Gasteiger partial charge in [-0.2, -0.15) is 0 Å². The van der Waals surface area contributed by atoms with Crippen LogP contribution in [0.5, 0.6) is 0 Å². The molecule has 0 aromatic carbocycles. The van der Waals surface area contributed by atoms with Crippen molar-refractivity contribution in [2.24, 2.45) is 5.92 Å². The van der Waals surface area contributed by atoms with E-state index in [9.17, 15) is 5.11 Å². The number of aliphatic hydroxyl groups is 1. The Balaban J connectivity index is 1.87. The molecule has 1 nitrogen and oxygen atoms in total. The van der Waals surface area contributed by atoms with E-state index in [1.54, 1.807) is 0 Å². The molecule has 0 spiro atoms. The van der Waals surface area contributed by atoms with Crippen molar-refractivity contribution in [3.63, 3.8) is 0 Å². The molecule has 2 rings (SSSR count). The molecule has 0 radical (unpaired) electrons. The maximum Gasteiger partial charge on any atom is 0.0676 e. The Labute approximate surface area is 81.5 Å². The zero-order valence-electron chi connectivity index (χ0n) is 8.60. The van der Waals surface area contributed by atoms with Gasteiger partial charge in [-0.05, 0) is 31.6 Å². The van der Waals surface area contributed by atoms with Gasteiger partial charge in [-0.15, -0.1) is 0 Å². The van der Waals surface area contributed by atoms with Crippen molar-refractivity contribution in [2.75, 3.05) is 0 Å². The van der Waals surface area contributed by atoms with E-state index < -0.39 is 0 Å². The summed E-state index contributed by atoms with van der Waals surface area (Å²) < 4.78 is 0. The van der Waals surface area contributed by atoms with E-state index in [1.165, 1.54) is 51.4 Å². The lowest BCUT2D eigenvalue weighted by Gasteiger charge is -2.46. The van der Waals surface area contributed by atoms with Crippen LogP contribution in [0, 0.1) is 5.92 Å². The van der Waals surface area contributed by atoms with Crippen LogP contribution in [0.15, 0.2) is 0 Å². The normalized spacial score (nSPS) is 41.8. The topological polar surface area (TPSA) is 20.2 Å². The predicted octanol–water partition coefficient (Wildman–Crippen LogP) is 3.26. The van der Waals surface area contributed by atoms with E-state index in [0.29, 0.717) is 5.92 Å². The summed E-state index contributed by atoms with van der Waals surface area (Å²) >= 11 is 0. The predicted molar refractivity (Wildman–Crippen MR) is 54.6 cm³/mol. The Kier molecular flexibility index (Phi) is 2.92. The van der Waals surface area contributed by atoms with Crippen LogP contribution in [-0.4, -0.2) is 10.7 Å². The SMILES string of the molecule is O[C@]12CCCCCCCC[C@H]1CC2. The molecule has 2 aliphatic rings. The minimum absolute atomic E-state index is 0.225. The van der Waals surface area contributed by atoms with Gasteiger partial charge in [0.1, 0.15) is 0 Å². The highest BCUT2D eigenvalue weighted by Crippen LogP contribution is 2.45. The highest BCUT2D eigenvalue weighted by Gasteiger charge is 2.43. The fraction of sp³-hybridized carbons (Fsp3) is 1.00. The van der Waals surface area contributed by atoms with Gasteiger partial charge >= 0.3 is 0 Å². The lowest BCUT2D eigenvalue weighted by atomic mass is 9.64. The zero-order chi connectivity index (χ0) is 9.15. The Morgan fingerprint density at radius 2 is 1.46 bits per heavy atom. The van der Waals surface area contributed by atoms with Gasteiger partial charge in [0.05, 0.1) is 5.60 Å². The van der Waals surface area contributed by atoms with Crippen LogP contribution < -0.4 is 0 Å². The van der Waals surface area contributed by atoms with Crippen molar-refractivity contribution < 1.29 is 5.11 Å². The Morgan fingerprint density at radius 1 is 0.769 bits per heavy atom. The second-order valence-electron chi connectivity index (χ2n) is 5.00. The Morgan fingerprint density at radius 3 is 2.15 bits per heavy atom. The first-order valence-electron chi connectivity index (χ1n) is 6.04. The molecule has 0 amide bonds. The third kappa shape index (κ3) is 2.07. The van der Waals surface area contributed by atoms with Crippen LogP contribution in [0.2, 0.25) is 0 Å².